The van der Waals surface area contributed by atoms with E-state index in [0.717, 1.165) is 16.7 Å². The number of hydroxylamine groups is 1. The van der Waals surface area contributed by atoms with Crippen LogP contribution in [0.1, 0.15) is 19.4 Å². The minimum atomic E-state index is -0.204. The lowest BCUT2D eigenvalue weighted by Crippen LogP contribution is -2.19. The Labute approximate surface area is 109 Å². The molecule has 0 radical (unpaired) electrons. The molecule has 0 saturated heterocycles. The predicted octanol–water partition coefficient (Wildman–Crippen LogP) is 2.87. The summed E-state index contributed by atoms with van der Waals surface area (Å²) in [6.07, 6.45) is 0. The van der Waals surface area contributed by atoms with Crippen molar-refractivity contribution in [2.24, 2.45) is 0 Å². The van der Waals surface area contributed by atoms with Crippen molar-refractivity contribution in [2.75, 3.05) is 6.61 Å². The Bertz CT molecular complexity index is 550. The fourth-order valence-corrected chi connectivity index (χ4v) is 2.57. The average molecular weight is 265 g/mol. The van der Waals surface area contributed by atoms with Crippen LogP contribution in [0.25, 0.3) is 10.1 Å². The van der Waals surface area contributed by atoms with Gasteiger partial charge in [0.15, 0.2) is 0 Å². The van der Waals surface area contributed by atoms with Crippen LogP contribution in [0.15, 0.2) is 23.6 Å². The third-order valence-electron chi connectivity index (χ3n) is 2.38. The first-order chi connectivity index (χ1) is 8.70. The van der Waals surface area contributed by atoms with Gasteiger partial charge in [-0.1, -0.05) is 0 Å². The summed E-state index contributed by atoms with van der Waals surface area (Å²) in [7, 11) is 0. The minimum Gasteiger partial charge on any atom is -0.494 e. The molecule has 0 saturated carbocycles. The topological polar surface area (TPSA) is 47.6 Å². The molecule has 0 aliphatic heterocycles. The smallest absolute Gasteiger partial charge is 0.240 e. The highest BCUT2D eigenvalue weighted by molar-refractivity contribution is 7.17. The lowest BCUT2D eigenvalue weighted by atomic mass is 10.2. The number of hydrogen-bond donors (Lipinski definition) is 1. The molecule has 0 fully saturated rings. The summed E-state index contributed by atoms with van der Waals surface area (Å²) in [6, 6.07) is 6.00. The average Bonchev–Trinajstić information content (AvgIpc) is 2.72. The molecule has 0 spiro atoms. The molecule has 0 atom stereocenters. The largest absolute Gasteiger partial charge is 0.494 e. The van der Waals surface area contributed by atoms with Gasteiger partial charge in [-0.05, 0) is 36.1 Å². The second kappa shape index (κ2) is 5.84. The Morgan fingerprint density at radius 3 is 3.00 bits per heavy atom. The van der Waals surface area contributed by atoms with Crippen molar-refractivity contribution in [3.63, 3.8) is 0 Å². The fourth-order valence-electron chi connectivity index (χ4n) is 1.64. The molecule has 18 heavy (non-hydrogen) atoms. The molecule has 1 aromatic carbocycles. The molecule has 1 N–H and O–H groups in total. The highest BCUT2D eigenvalue weighted by Gasteiger charge is 2.06. The number of ether oxygens (including phenoxy) is 1. The maximum Gasteiger partial charge on any atom is 0.240 e. The Hall–Kier alpha value is -1.59. The molecule has 1 heterocycles. The number of nitrogens with one attached hydrogen (secondary N) is 1. The summed E-state index contributed by atoms with van der Waals surface area (Å²) in [5.41, 5.74) is 3.37. The van der Waals surface area contributed by atoms with Gasteiger partial charge in [0.1, 0.15) is 12.4 Å². The molecular formula is C13H15NO3S. The zero-order valence-electron chi connectivity index (χ0n) is 10.4. The number of amides is 1. The van der Waals surface area contributed by atoms with Crippen LogP contribution in [-0.4, -0.2) is 12.5 Å². The van der Waals surface area contributed by atoms with Gasteiger partial charge in [-0.25, -0.2) is 5.48 Å². The summed E-state index contributed by atoms with van der Waals surface area (Å²) >= 11 is 1.65. The maximum atomic E-state index is 10.7. The standard InChI is InChI=1S/C13H15NO3S/c1-3-16-11-4-5-13-12(6-11)10(8-18-13)7-17-14-9(2)15/h4-6,8H,3,7H2,1-2H3,(H,14,15). The van der Waals surface area contributed by atoms with E-state index in [1.54, 1.807) is 11.3 Å². The molecule has 4 nitrogen and oxygen atoms in total. The molecule has 2 aromatic rings. The van der Waals surface area contributed by atoms with Gasteiger partial charge < -0.3 is 4.74 Å². The molecule has 96 valence electrons. The number of hydrogen-bond acceptors (Lipinski definition) is 4. The van der Waals surface area contributed by atoms with Crippen molar-refractivity contribution >= 4 is 27.3 Å². The Morgan fingerprint density at radius 2 is 2.28 bits per heavy atom. The highest BCUT2D eigenvalue weighted by Crippen LogP contribution is 2.29. The Balaban J connectivity index is 2.16. The van der Waals surface area contributed by atoms with E-state index in [9.17, 15) is 4.79 Å². The van der Waals surface area contributed by atoms with Crippen LogP contribution >= 0.6 is 11.3 Å². The first-order valence-corrected chi connectivity index (χ1v) is 6.60. The summed E-state index contributed by atoms with van der Waals surface area (Å²) in [5.74, 6) is 0.647. The lowest BCUT2D eigenvalue weighted by molar-refractivity contribution is -0.132. The van der Waals surface area contributed by atoms with Gasteiger partial charge in [0, 0.05) is 17.0 Å². The van der Waals surface area contributed by atoms with Crippen LogP contribution < -0.4 is 10.2 Å². The second-order valence-corrected chi connectivity index (χ2v) is 4.71. The number of fused-ring (bicyclic) bond motifs is 1. The number of carbonyl (C=O) groups excluding carboxylic acids is 1. The van der Waals surface area contributed by atoms with E-state index in [-0.39, 0.29) is 5.91 Å². The van der Waals surface area contributed by atoms with Gasteiger partial charge in [0.2, 0.25) is 5.91 Å². The molecule has 1 amide bonds. The molecular weight excluding hydrogens is 250 g/mol. The van der Waals surface area contributed by atoms with Gasteiger partial charge in [-0.2, -0.15) is 0 Å². The van der Waals surface area contributed by atoms with E-state index in [1.807, 2.05) is 30.5 Å². The lowest BCUT2D eigenvalue weighted by Gasteiger charge is -2.05. The van der Waals surface area contributed by atoms with Crippen LogP contribution in [0.3, 0.4) is 0 Å². The summed E-state index contributed by atoms with van der Waals surface area (Å²) in [5, 5.41) is 3.14. The number of thiophene rings is 1. The third kappa shape index (κ3) is 3.00. The quantitative estimate of drug-likeness (QED) is 0.846. The molecule has 0 unspecified atom stereocenters. The van der Waals surface area contributed by atoms with Crippen LogP contribution in [-0.2, 0) is 16.2 Å². The number of benzene rings is 1. The van der Waals surface area contributed by atoms with Gasteiger partial charge in [-0.15, -0.1) is 11.3 Å². The molecule has 0 aliphatic carbocycles. The molecule has 0 aliphatic rings. The first kappa shape index (κ1) is 12.9. The van der Waals surface area contributed by atoms with E-state index in [0.29, 0.717) is 13.2 Å². The Morgan fingerprint density at radius 1 is 1.44 bits per heavy atom. The fraction of sp³-hybridized carbons (Fsp3) is 0.308. The normalized spacial score (nSPS) is 10.6. The third-order valence-corrected chi connectivity index (χ3v) is 3.39. The van der Waals surface area contributed by atoms with Crippen LogP contribution in [0.4, 0.5) is 0 Å². The summed E-state index contributed by atoms with van der Waals surface area (Å²) < 4.78 is 6.66. The monoisotopic (exact) mass is 265 g/mol. The zero-order chi connectivity index (χ0) is 13.0. The van der Waals surface area contributed by atoms with E-state index in [4.69, 9.17) is 9.57 Å². The van der Waals surface area contributed by atoms with E-state index >= 15 is 0 Å². The van der Waals surface area contributed by atoms with Crippen molar-refractivity contribution in [3.8, 4) is 5.75 Å². The van der Waals surface area contributed by atoms with Crippen molar-refractivity contribution in [1.29, 1.82) is 0 Å². The van der Waals surface area contributed by atoms with Crippen molar-refractivity contribution in [2.45, 2.75) is 20.5 Å². The van der Waals surface area contributed by atoms with E-state index in [1.165, 1.54) is 11.6 Å². The van der Waals surface area contributed by atoms with Gasteiger partial charge in [0.05, 0.1) is 6.61 Å². The SMILES string of the molecule is CCOc1ccc2scc(CONC(C)=O)c2c1. The van der Waals surface area contributed by atoms with Gasteiger partial charge in [-0.3, -0.25) is 9.63 Å². The molecule has 1 aromatic heterocycles. The van der Waals surface area contributed by atoms with E-state index < -0.39 is 0 Å². The van der Waals surface area contributed by atoms with Crippen LogP contribution in [0.2, 0.25) is 0 Å². The van der Waals surface area contributed by atoms with Crippen molar-refractivity contribution in [1.82, 2.24) is 5.48 Å². The molecule has 2 rings (SSSR count). The van der Waals surface area contributed by atoms with Crippen LogP contribution in [0, 0.1) is 0 Å². The highest BCUT2D eigenvalue weighted by atomic mass is 32.1. The van der Waals surface area contributed by atoms with E-state index in [2.05, 4.69) is 5.48 Å². The second-order valence-electron chi connectivity index (χ2n) is 3.80. The molecule has 0 bridgehead atoms. The maximum absolute atomic E-state index is 10.7. The predicted molar refractivity (Wildman–Crippen MR) is 71.6 cm³/mol. The van der Waals surface area contributed by atoms with Gasteiger partial charge in [0.25, 0.3) is 0 Å². The molecule has 5 heteroatoms. The van der Waals surface area contributed by atoms with Gasteiger partial charge >= 0.3 is 0 Å². The summed E-state index contributed by atoms with van der Waals surface area (Å²) in [6.45, 7) is 4.38. The minimum absolute atomic E-state index is 0.204. The Kier molecular flexibility index (Phi) is 4.17. The number of carbonyl (C=O) groups is 1. The first-order valence-electron chi connectivity index (χ1n) is 5.72. The number of rotatable bonds is 5. The zero-order valence-corrected chi connectivity index (χ0v) is 11.2. The van der Waals surface area contributed by atoms with Crippen molar-refractivity contribution in [3.05, 3.63) is 29.1 Å². The van der Waals surface area contributed by atoms with Crippen LogP contribution in [0.5, 0.6) is 5.75 Å². The van der Waals surface area contributed by atoms with Crippen molar-refractivity contribution < 1.29 is 14.4 Å². The summed E-state index contributed by atoms with van der Waals surface area (Å²) in [4.78, 5) is 15.8.